The summed E-state index contributed by atoms with van der Waals surface area (Å²) in [4.78, 5) is 15.9. The summed E-state index contributed by atoms with van der Waals surface area (Å²) in [7, 11) is 0. The number of nitrogens with zero attached hydrogens (tertiary/aromatic N) is 1. The highest BCUT2D eigenvalue weighted by molar-refractivity contribution is 7.09. The lowest BCUT2D eigenvalue weighted by atomic mass is 10.0. The van der Waals surface area contributed by atoms with Gasteiger partial charge in [0.2, 0.25) is 0 Å². The summed E-state index contributed by atoms with van der Waals surface area (Å²) in [5.41, 5.74) is 5.93. The maximum absolute atomic E-state index is 11.8. The third kappa shape index (κ3) is 3.49. The molecule has 0 unspecified atom stereocenters. The van der Waals surface area contributed by atoms with E-state index >= 15 is 0 Å². The largest absolute Gasteiger partial charge is 0.381 e. The molecule has 0 radical (unpaired) electrons. The van der Waals surface area contributed by atoms with Gasteiger partial charge in [0, 0.05) is 31.7 Å². The van der Waals surface area contributed by atoms with E-state index in [4.69, 9.17) is 10.5 Å². The number of nitrogens with two attached hydrogens (primary N) is 1. The van der Waals surface area contributed by atoms with Crippen molar-refractivity contribution < 1.29 is 9.53 Å². The number of rotatable bonds is 4. The highest BCUT2D eigenvalue weighted by Gasteiger charge is 2.16. The Kier molecular flexibility index (Phi) is 4.47. The third-order valence-corrected chi connectivity index (χ3v) is 3.72. The number of carbonyl (C=O) groups is 1. The molecular formula is C11H17N3O2S. The molecule has 1 aromatic heterocycles. The lowest BCUT2D eigenvalue weighted by Crippen LogP contribution is -2.32. The van der Waals surface area contributed by atoms with Gasteiger partial charge < -0.3 is 15.8 Å². The first kappa shape index (κ1) is 12.5. The number of hydrogen-bond donors (Lipinski definition) is 2. The molecule has 0 spiro atoms. The van der Waals surface area contributed by atoms with Gasteiger partial charge in [-0.15, -0.1) is 11.3 Å². The summed E-state index contributed by atoms with van der Waals surface area (Å²) in [5.74, 6) is 0.424. The minimum atomic E-state index is -0.104. The molecule has 3 N–H and O–H groups in total. The number of ether oxygens (including phenoxy) is 1. The summed E-state index contributed by atoms with van der Waals surface area (Å²) in [5, 5.41) is 5.46. The molecule has 1 aliphatic heterocycles. The van der Waals surface area contributed by atoms with Crippen molar-refractivity contribution in [2.45, 2.75) is 19.4 Å². The van der Waals surface area contributed by atoms with Crippen LogP contribution in [0.3, 0.4) is 0 Å². The molecule has 2 rings (SSSR count). The molecule has 1 amide bonds. The van der Waals surface area contributed by atoms with Crippen molar-refractivity contribution >= 4 is 17.2 Å². The molecule has 0 aromatic carbocycles. The quantitative estimate of drug-likeness (QED) is 0.832. The van der Waals surface area contributed by atoms with Crippen molar-refractivity contribution in [3.05, 3.63) is 16.1 Å². The van der Waals surface area contributed by atoms with E-state index in [0.717, 1.165) is 31.1 Å². The molecular weight excluding hydrogens is 238 g/mol. The van der Waals surface area contributed by atoms with E-state index in [2.05, 4.69) is 10.3 Å². The summed E-state index contributed by atoms with van der Waals surface area (Å²) < 4.78 is 5.27. The number of amides is 1. The average molecular weight is 255 g/mol. The van der Waals surface area contributed by atoms with Crippen molar-refractivity contribution in [2.24, 2.45) is 11.7 Å². The smallest absolute Gasteiger partial charge is 0.270 e. The zero-order valence-electron chi connectivity index (χ0n) is 9.65. The molecule has 94 valence electrons. The molecule has 17 heavy (non-hydrogen) atoms. The van der Waals surface area contributed by atoms with Gasteiger partial charge in [0.05, 0.1) is 0 Å². The van der Waals surface area contributed by atoms with E-state index in [1.807, 2.05) is 0 Å². The van der Waals surface area contributed by atoms with Crippen LogP contribution in [0.4, 0.5) is 0 Å². The fourth-order valence-electron chi connectivity index (χ4n) is 1.79. The van der Waals surface area contributed by atoms with Gasteiger partial charge >= 0.3 is 0 Å². The van der Waals surface area contributed by atoms with Crippen molar-refractivity contribution in [3.63, 3.8) is 0 Å². The van der Waals surface area contributed by atoms with Crippen molar-refractivity contribution in [3.8, 4) is 0 Å². The van der Waals surface area contributed by atoms with E-state index < -0.39 is 0 Å². The normalized spacial score (nSPS) is 17.0. The predicted molar refractivity (Wildman–Crippen MR) is 65.9 cm³/mol. The highest BCUT2D eigenvalue weighted by atomic mass is 32.1. The topological polar surface area (TPSA) is 77.2 Å². The lowest BCUT2D eigenvalue weighted by Gasteiger charge is -2.21. The van der Waals surface area contributed by atoms with E-state index in [1.165, 1.54) is 11.3 Å². The second-order valence-electron chi connectivity index (χ2n) is 4.10. The number of carbonyl (C=O) groups excluding carboxylic acids is 1. The number of thiazole rings is 1. The van der Waals surface area contributed by atoms with Crippen LogP contribution >= 0.6 is 11.3 Å². The zero-order chi connectivity index (χ0) is 12.1. The van der Waals surface area contributed by atoms with Crippen LogP contribution in [0.25, 0.3) is 0 Å². The van der Waals surface area contributed by atoms with Gasteiger partial charge in [0.1, 0.15) is 10.7 Å². The molecule has 6 heteroatoms. The highest BCUT2D eigenvalue weighted by Crippen LogP contribution is 2.14. The Bertz CT molecular complexity index is 375. The van der Waals surface area contributed by atoms with Gasteiger partial charge in [-0.3, -0.25) is 4.79 Å². The Morgan fingerprint density at radius 1 is 1.59 bits per heavy atom. The Hall–Kier alpha value is -0.980. The number of hydrogen-bond acceptors (Lipinski definition) is 5. The van der Waals surface area contributed by atoms with Crippen molar-refractivity contribution in [1.82, 2.24) is 10.3 Å². The molecule has 0 atom stereocenters. The molecule has 0 bridgehead atoms. The Morgan fingerprint density at radius 2 is 2.35 bits per heavy atom. The van der Waals surface area contributed by atoms with E-state index in [0.29, 0.717) is 24.7 Å². The molecule has 0 saturated carbocycles. The fraction of sp³-hybridized carbons (Fsp3) is 0.636. The summed E-state index contributed by atoms with van der Waals surface area (Å²) in [6.45, 7) is 2.69. The van der Waals surface area contributed by atoms with Crippen LogP contribution in [0.5, 0.6) is 0 Å². The maximum atomic E-state index is 11.8. The second kappa shape index (κ2) is 6.09. The molecule has 1 aromatic rings. The molecule has 1 saturated heterocycles. The number of aromatic nitrogens is 1. The summed E-state index contributed by atoms with van der Waals surface area (Å²) in [6, 6.07) is 0. The van der Waals surface area contributed by atoms with E-state index in [-0.39, 0.29) is 5.91 Å². The monoisotopic (exact) mass is 255 g/mol. The van der Waals surface area contributed by atoms with Crippen molar-refractivity contribution in [2.75, 3.05) is 19.8 Å². The standard InChI is InChI=1S/C11H17N3O2S/c12-5-10-14-9(7-17-10)11(15)13-6-8-1-3-16-4-2-8/h7-8H,1-6,12H2,(H,13,15). The van der Waals surface area contributed by atoms with Gasteiger partial charge in [-0.25, -0.2) is 4.98 Å². The van der Waals surface area contributed by atoms with Crippen molar-refractivity contribution in [1.29, 1.82) is 0 Å². The van der Waals surface area contributed by atoms with Gasteiger partial charge in [0.25, 0.3) is 5.91 Å². The Balaban J connectivity index is 1.80. The minimum Gasteiger partial charge on any atom is -0.381 e. The predicted octanol–water partition coefficient (Wildman–Crippen LogP) is 0.758. The van der Waals surface area contributed by atoms with Crippen LogP contribution in [0, 0.1) is 5.92 Å². The molecule has 0 aliphatic carbocycles. The van der Waals surface area contributed by atoms with Crippen LogP contribution < -0.4 is 11.1 Å². The zero-order valence-corrected chi connectivity index (χ0v) is 10.5. The second-order valence-corrected chi connectivity index (χ2v) is 5.04. The minimum absolute atomic E-state index is 0.104. The van der Waals surface area contributed by atoms with Crippen LogP contribution in [0.1, 0.15) is 28.3 Å². The first-order valence-electron chi connectivity index (χ1n) is 5.80. The van der Waals surface area contributed by atoms with Gasteiger partial charge in [-0.1, -0.05) is 0 Å². The SMILES string of the molecule is NCc1nc(C(=O)NCC2CCOCC2)cs1. The fourth-order valence-corrected chi connectivity index (χ4v) is 2.44. The molecule has 2 heterocycles. The summed E-state index contributed by atoms with van der Waals surface area (Å²) in [6.07, 6.45) is 2.04. The van der Waals surface area contributed by atoms with Crippen LogP contribution in [0.15, 0.2) is 5.38 Å². The van der Waals surface area contributed by atoms with Gasteiger partial charge in [0.15, 0.2) is 0 Å². The third-order valence-electron chi connectivity index (χ3n) is 2.85. The molecule has 1 fully saturated rings. The number of nitrogens with one attached hydrogen (secondary N) is 1. The molecule has 1 aliphatic rings. The summed E-state index contributed by atoms with van der Waals surface area (Å²) >= 11 is 1.42. The molecule has 5 nitrogen and oxygen atoms in total. The lowest BCUT2D eigenvalue weighted by molar-refractivity contribution is 0.0642. The van der Waals surface area contributed by atoms with Gasteiger partial charge in [-0.05, 0) is 18.8 Å². The Morgan fingerprint density at radius 3 is 3.00 bits per heavy atom. The van der Waals surface area contributed by atoms with Crippen LogP contribution in [-0.2, 0) is 11.3 Å². The van der Waals surface area contributed by atoms with Crippen LogP contribution in [0.2, 0.25) is 0 Å². The first-order valence-corrected chi connectivity index (χ1v) is 6.68. The van der Waals surface area contributed by atoms with E-state index in [1.54, 1.807) is 5.38 Å². The Labute approximate surface area is 104 Å². The average Bonchev–Trinajstić information content (AvgIpc) is 2.86. The van der Waals surface area contributed by atoms with Gasteiger partial charge in [-0.2, -0.15) is 0 Å². The first-order chi connectivity index (χ1) is 8.29. The maximum Gasteiger partial charge on any atom is 0.270 e. The van der Waals surface area contributed by atoms with E-state index in [9.17, 15) is 4.79 Å². The van der Waals surface area contributed by atoms with Crippen LogP contribution in [-0.4, -0.2) is 30.6 Å².